The molecule has 0 unspecified atom stereocenters. The van der Waals surface area contributed by atoms with Crippen LogP contribution in [0.5, 0.6) is 0 Å². The van der Waals surface area contributed by atoms with Crippen LogP contribution in [0.4, 0.5) is 26.3 Å². The first-order valence-electron chi connectivity index (χ1n) is 5.23. The molecule has 0 amide bonds. The van der Waals surface area contributed by atoms with E-state index >= 15 is 0 Å². The second-order valence-electron chi connectivity index (χ2n) is 4.00. The van der Waals surface area contributed by atoms with Gasteiger partial charge in [-0.1, -0.05) is 30.3 Å². The zero-order valence-electron chi connectivity index (χ0n) is 9.63. The maximum atomic E-state index is 12.9. The van der Waals surface area contributed by atoms with Gasteiger partial charge in [0.25, 0.3) is 0 Å². The minimum Gasteiger partial charge on any atom is -0.384 e. The third-order valence-electron chi connectivity index (χ3n) is 2.72. The number of alkyl halides is 6. The Morgan fingerprint density at radius 3 is 1.80 bits per heavy atom. The average Bonchev–Trinajstić information content (AvgIpc) is 2.68. The largest absolute Gasteiger partial charge is 0.430 e. The third-order valence-corrected chi connectivity index (χ3v) is 2.72. The predicted octanol–water partition coefficient (Wildman–Crippen LogP) is 2.67. The van der Waals surface area contributed by atoms with Gasteiger partial charge in [-0.2, -0.15) is 26.3 Å². The van der Waals surface area contributed by atoms with Crippen molar-refractivity contribution >= 4 is 11.7 Å². The lowest BCUT2D eigenvalue weighted by atomic mass is 9.98. The van der Waals surface area contributed by atoms with E-state index in [4.69, 9.17) is 5.73 Å². The van der Waals surface area contributed by atoms with E-state index in [2.05, 4.69) is 9.98 Å². The fraction of sp³-hybridized carbons (Fsp3) is 0.273. The lowest BCUT2D eigenvalue weighted by molar-refractivity contribution is -0.270. The molecule has 9 heteroatoms. The lowest BCUT2D eigenvalue weighted by Crippen LogP contribution is -2.62. The Hall–Kier alpha value is -2.06. The number of amidine groups is 2. The minimum absolute atomic E-state index is 0.0193. The molecule has 1 aromatic rings. The van der Waals surface area contributed by atoms with Crippen molar-refractivity contribution in [2.75, 3.05) is 0 Å². The van der Waals surface area contributed by atoms with Gasteiger partial charge in [0.1, 0.15) is 5.84 Å². The fourth-order valence-electron chi connectivity index (χ4n) is 1.73. The maximum absolute atomic E-state index is 12.9. The molecule has 1 aromatic carbocycles. The highest BCUT2D eigenvalue weighted by molar-refractivity contribution is 6.14. The summed E-state index contributed by atoms with van der Waals surface area (Å²) in [6.45, 7) is 0. The Morgan fingerprint density at radius 2 is 1.40 bits per heavy atom. The van der Waals surface area contributed by atoms with Crippen LogP contribution in [0.2, 0.25) is 0 Å². The standard InChI is InChI=1S/C11H7F6N3/c12-10(13,14)9(11(15,16)17)8(18)19-7(20-9)6-4-2-1-3-5-6/h1-5H,(H2,18,19,20). The zero-order valence-corrected chi connectivity index (χ0v) is 9.63. The van der Waals surface area contributed by atoms with Crippen molar-refractivity contribution in [3.63, 3.8) is 0 Å². The van der Waals surface area contributed by atoms with Gasteiger partial charge in [0, 0.05) is 5.56 Å². The Bertz CT molecular complexity index is 556. The molecule has 1 heterocycles. The second-order valence-corrected chi connectivity index (χ2v) is 4.00. The van der Waals surface area contributed by atoms with Crippen molar-refractivity contribution in [3.05, 3.63) is 35.9 Å². The summed E-state index contributed by atoms with van der Waals surface area (Å²) in [5.74, 6) is -2.32. The summed E-state index contributed by atoms with van der Waals surface area (Å²) in [5, 5.41) is 0. The number of hydrogen-bond donors (Lipinski definition) is 1. The van der Waals surface area contributed by atoms with Crippen molar-refractivity contribution in [1.82, 2.24) is 0 Å². The van der Waals surface area contributed by atoms with E-state index in [0.717, 1.165) is 0 Å². The van der Waals surface area contributed by atoms with E-state index in [1.807, 2.05) is 0 Å². The molecule has 0 radical (unpaired) electrons. The number of halogens is 6. The molecule has 0 aliphatic carbocycles. The molecule has 0 fully saturated rings. The van der Waals surface area contributed by atoms with Crippen LogP contribution in [0.25, 0.3) is 0 Å². The van der Waals surface area contributed by atoms with Crippen molar-refractivity contribution in [1.29, 1.82) is 0 Å². The summed E-state index contributed by atoms with van der Waals surface area (Å²) < 4.78 is 77.2. The SMILES string of the molecule is NC1=NC(c2ccccc2)=NC1(C(F)(F)F)C(F)(F)F. The number of rotatable bonds is 1. The van der Waals surface area contributed by atoms with E-state index in [0.29, 0.717) is 0 Å². The van der Waals surface area contributed by atoms with E-state index in [9.17, 15) is 26.3 Å². The number of aliphatic imine (C=N–C) groups is 2. The molecule has 108 valence electrons. The van der Waals surface area contributed by atoms with Crippen LogP contribution in [-0.4, -0.2) is 29.6 Å². The van der Waals surface area contributed by atoms with E-state index < -0.39 is 29.6 Å². The highest BCUT2D eigenvalue weighted by Crippen LogP contribution is 2.48. The van der Waals surface area contributed by atoms with Gasteiger partial charge in [0.05, 0.1) is 0 Å². The maximum Gasteiger partial charge on any atom is 0.430 e. The molecule has 0 atom stereocenters. The van der Waals surface area contributed by atoms with E-state index in [1.165, 1.54) is 24.3 Å². The van der Waals surface area contributed by atoms with Crippen LogP contribution in [0.3, 0.4) is 0 Å². The smallest absolute Gasteiger partial charge is 0.384 e. The van der Waals surface area contributed by atoms with Gasteiger partial charge in [0.15, 0.2) is 5.84 Å². The molecule has 2 rings (SSSR count). The average molecular weight is 295 g/mol. The first-order chi connectivity index (χ1) is 9.09. The summed E-state index contributed by atoms with van der Waals surface area (Å²) in [5.41, 5.74) is 0.448. The monoisotopic (exact) mass is 295 g/mol. The molecular weight excluding hydrogens is 288 g/mol. The minimum atomic E-state index is -5.73. The normalized spacial score (nSPS) is 18.7. The zero-order chi connectivity index (χ0) is 15.2. The quantitative estimate of drug-likeness (QED) is 0.796. The molecule has 0 saturated heterocycles. The predicted molar refractivity (Wildman–Crippen MR) is 59.4 cm³/mol. The third kappa shape index (κ3) is 1.93. The van der Waals surface area contributed by atoms with Gasteiger partial charge in [-0.15, -0.1) is 0 Å². The van der Waals surface area contributed by atoms with Crippen LogP contribution in [0, 0.1) is 0 Å². The number of benzene rings is 1. The molecule has 0 aromatic heterocycles. The molecule has 1 aliphatic heterocycles. The second kappa shape index (κ2) is 4.22. The highest BCUT2D eigenvalue weighted by Gasteiger charge is 2.75. The van der Waals surface area contributed by atoms with Crippen LogP contribution in [0.15, 0.2) is 40.3 Å². The van der Waals surface area contributed by atoms with E-state index in [1.54, 1.807) is 6.07 Å². The van der Waals surface area contributed by atoms with Gasteiger partial charge < -0.3 is 5.73 Å². The number of nitrogens with two attached hydrogens (primary N) is 1. The summed E-state index contributed by atoms with van der Waals surface area (Å²) in [7, 11) is 0. The van der Waals surface area contributed by atoms with E-state index in [-0.39, 0.29) is 5.56 Å². The van der Waals surface area contributed by atoms with Crippen molar-refractivity contribution in [2.24, 2.45) is 15.7 Å². The van der Waals surface area contributed by atoms with Crippen LogP contribution in [-0.2, 0) is 0 Å². The molecule has 3 nitrogen and oxygen atoms in total. The van der Waals surface area contributed by atoms with Gasteiger partial charge in [-0.05, 0) is 0 Å². The molecule has 20 heavy (non-hydrogen) atoms. The molecular formula is C11H7F6N3. The molecule has 1 aliphatic rings. The van der Waals surface area contributed by atoms with Gasteiger partial charge >= 0.3 is 17.9 Å². The first-order valence-corrected chi connectivity index (χ1v) is 5.23. The molecule has 2 N–H and O–H groups in total. The summed E-state index contributed by atoms with van der Waals surface area (Å²) in [6, 6.07) is 7.00. The Balaban J connectivity index is 2.63. The highest BCUT2D eigenvalue weighted by atomic mass is 19.4. The van der Waals surface area contributed by atoms with Crippen LogP contribution >= 0.6 is 0 Å². The Kier molecular flexibility index (Phi) is 3.03. The summed E-state index contributed by atoms with van der Waals surface area (Å²) >= 11 is 0. The molecule has 0 spiro atoms. The summed E-state index contributed by atoms with van der Waals surface area (Å²) in [4.78, 5) is 5.90. The van der Waals surface area contributed by atoms with Gasteiger partial charge in [-0.25, -0.2) is 9.98 Å². The molecule has 0 bridgehead atoms. The van der Waals surface area contributed by atoms with Gasteiger partial charge in [-0.3, -0.25) is 0 Å². The topological polar surface area (TPSA) is 50.7 Å². The van der Waals surface area contributed by atoms with Crippen molar-refractivity contribution < 1.29 is 26.3 Å². The number of hydrogen-bond acceptors (Lipinski definition) is 3. The number of nitrogens with zero attached hydrogens (tertiary/aromatic N) is 2. The Labute approximate surface area is 108 Å². The first kappa shape index (κ1) is 14.4. The van der Waals surface area contributed by atoms with Crippen LogP contribution < -0.4 is 5.73 Å². The summed E-state index contributed by atoms with van der Waals surface area (Å²) in [6.07, 6.45) is -11.5. The van der Waals surface area contributed by atoms with Crippen LogP contribution in [0.1, 0.15) is 5.56 Å². The van der Waals surface area contributed by atoms with Crippen molar-refractivity contribution in [3.8, 4) is 0 Å². The lowest BCUT2D eigenvalue weighted by Gasteiger charge is -2.30. The Morgan fingerprint density at radius 1 is 0.900 bits per heavy atom. The molecule has 0 saturated carbocycles. The van der Waals surface area contributed by atoms with Gasteiger partial charge in [0.2, 0.25) is 0 Å². The fourth-order valence-corrected chi connectivity index (χ4v) is 1.73. The van der Waals surface area contributed by atoms with Crippen molar-refractivity contribution in [2.45, 2.75) is 17.9 Å².